The zero-order chi connectivity index (χ0) is 21.4. The molecule has 0 atom stereocenters. The van der Waals surface area contributed by atoms with Crippen LogP contribution in [-0.4, -0.2) is 67.6 Å². The average Bonchev–Trinajstić information content (AvgIpc) is 3.11. The van der Waals surface area contributed by atoms with E-state index < -0.39 is 15.6 Å². The van der Waals surface area contributed by atoms with E-state index in [0.29, 0.717) is 38.5 Å². The van der Waals surface area contributed by atoms with Crippen LogP contribution in [0, 0.1) is 6.92 Å². The van der Waals surface area contributed by atoms with Gasteiger partial charge < -0.3 is 10.1 Å². The zero-order valence-corrected chi connectivity index (χ0v) is 18.8. The lowest BCUT2D eigenvalue weighted by molar-refractivity contribution is -0.124. The van der Waals surface area contributed by atoms with Crippen molar-refractivity contribution in [2.45, 2.75) is 63.6 Å². The number of ether oxygens (including phenoxy) is 1. The Bertz CT molecular complexity index is 888. The Morgan fingerprint density at radius 3 is 2.60 bits per heavy atom. The van der Waals surface area contributed by atoms with Crippen LogP contribution in [0.25, 0.3) is 0 Å². The Kier molecular flexibility index (Phi) is 6.10. The summed E-state index contributed by atoms with van der Waals surface area (Å²) in [6.07, 6.45) is 7.24. The fourth-order valence-corrected chi connectivity index (χ4v) is 5.77. The number of rotatable bonds is 4. The molecule has 0 unspecified atom stereocenters. The molecule has 1 aliphatic carbocycles. The fourth-order valence-electron chi connectivity index (χ4n) is 4.92. The minimum atomic E-state index is -3.35. The number of carbonyl (C=O) groups is 1. The van der Waals surface area contributed by atoms with Gasteiger partial charge in [0, 0.05) is 44.1 Å². The van der Waals surface area contributed by atoms with Gasteiger partial charge in [0.1, 0.15) is 11.4 Å². The summed E-state index contributed by atoms with van der Waals surface area (Å²) in [6, 6.07) is 6.31. The molecule has 1 saturated carbocycles. The van der Waals surface area contributed by atoms with E-state index in [9.17, 15) is 13.2 Å². The summed E-state index contributed by atoms with van der Waals surface area (Å²) in [5, 5.41) is 3.15. The molecule has 166 valence electrons. The summed E-state index contributed by atoms with van der Waals surface area (Å²) in [7, 11) is -3.35. The van der Waals surface area contributed by atoms with Crippen molar-refractivity contribution < 1.29 is 17.9 Å². The van der Waals surface area contributed by atoms with Crippen LogP contribution in [0.15, 0.2) is 18.2 Å². The number of hydrogen-bond acceptors (Lipinski definition) is 5. The molecule has 1 aromatic carbocycles. The maximum Gasteiger partial charge on any atom is 0.234 e. The molecule has 2 fully saturated rings. The van der Waals surface area contributed by atoms with E-state index in [2.05, 4.69) is 10.2 Å². The van der Waals surface area contributed by atoms with E-state index >= 15 is 0 Å². The lowest BCUT2D eigenvalue weighted by Crippen LogP contribution is -2.55. The van der Waals surface area contributed by atoms with Crippen molar-refractivity contribution >= 4 is 15.9 Å². The van der Waals surface area contributed by atoms with Gasteiger partial charge in [-0.1, -0.05) is 30.5 Å². The number of benzene rings is 1. The minimum absolute atomic E-state index is 0.0956. The number of piperidine rings is 1. The van der Waals surface area contributed by atoms with Crippen LogP contribution in [-0.2, 0) is 21.4 Å². The molecule has 7 nitrogen and oxygen atoms in total. The number of likely N-dealkylation sites (tertiary alicyclic amines) is 1. The number of fused-ring (bicyclic) bond motifs is 1. The van der Waals surface area contributed by atoms with Crippen LogP contribution in [0.3, 0.4) is 0 Å². The van der Waals surface area contributed by atoms with Gasteiger partial charge in [0.2, 0.25) is 15.9 Å². The first-order valence-electron chi connectivity index (χ1n) is 11.0. The van der Waals surface area contributed by atoms with Gasteiger partial charge in [0.05, 0.1) is 19.3 Å². The molecule has 0 radical (unpaired) electrons. The van der Waals surface area contributed by atoms with E-state index in [0.717, 1.165) is 42.8 Å². The summed E-state index contributed by atoms with van der Waals surface area (Å²) >= 11 is 0. The van der Waals surface area contributed by atoms with E-state index in [1.807, 2.05) is 25.1 Å². The first kappa shape index (κ1) is 21.6. The minimum Gasteiger partial charge on any atom is -0.485 e. The number of nitrogens with one attached hydrogen (secondary N) is 1. The van der Waals surface area contributed by atoms with Crippen molar-refractivity contribution in [1.82, 2.24) is 14.5 Å². The topological polar surface area (TPSA) is 79.0 Å². The highest BCUT2D eigenvalue weighted by molar-refractivity contribution is 7.88. The second-order valence-corrected chi connectivity index (χ2v) is 11.2. The standard InChI is InChI=1S/C22H33N3O4S/c1-17-7-8-20-18(13-17)14-25(30(2,27)28)16-22(29-20)9-11-24(12-10-22)15-21(26)23-19-5-3-4-6-19/h7-8,13,19H,3-6,9-12,14-16H2,1-2H3,(H,23,26). The summed E-state index contributed by atoms with van der Waals surface area (Å²) in [6.45, 7) is 4.53. The highest BCUT2D eigenvalue weighted by Crippen LogP contribution is 2.36. The molecule has 2 aliphatic heterocycles. The zero-order valence-electron chi connectivity index (χ0n) is 18.0. The monoisotopic (exact) mass is 435 g/mol. The maximum absolute atomic E-state index is 12.4. The van der Waals surface area contributed by atoms with Gasteiger partial charge in [-0.25, -0.2) is 8.42 Å². The lowest BCUT2D eigenvalue weighted by Gasteiger charge is -2.42. The molecular formula is C22H33N3O4S. The van der Waals surface area contributed by atoms with Gasteiger partial charge in [-0.3, -0.25) is 9.69 Å². The number of sulfonamides is 1. The van der Waals surface area contributed by atoms with E-state index in [-0.39, 0.29) is 5.91 Å². The highest BCUT2D eigenvalue weighted by atomic mass is 32.2. The molecule has 1 saturated heterocycles. The molecule has 0 aromatic heterocycles. The number of hydrogen-bond donors (Lipinski definition) is 1. The van der Waals surface area contributed by atoms with Gasteiger partial charge in [0.15, 0.2) is 0 Å². The summed E-state index contributed by atoms with van der Waals surface area (Å²) in [4.78, 5) is 14.6. The molecule has 0 bridgehead atoms. The van der Waals surface area contributed by atoms with E-state index in [1.165, 1.54) is 19.1 Å². The van der Waals surface area contributed by atoms with Crippen molar-refractivity contribution in [3.8, 4) is 5.75 Å². The van der Waals surface area contributed by atoms with Crippen molar-refractivity contribution in [2.75, 3.05) is 32.4 Å². The van der Waals surface area contributed by atoms with Crippen LogP contribution < -0.4 is 10.1 Å². The Morgan fingerprint density at radius 1 is 1.23 bits per heavy atom. The van der Waals surface area contributed by atoms with Crippen LogP contribution >= 0.6 is 0 Å². The van der Waals surface area contributed by atoms with Gasteiger partial charge in [0.25, 0.3) is 0 Å². The van der Waals surface area contributed by atoms with Crippen molar-refractivity contribution in [3.63, 3.8) is 0 Å². The van der Waals surface area contributed by atoms with Crippen LogP contribution in [0.2, 0.25) is 0 Å². The predicted molar refractivity (Wildman–Crippen MR) is 116 cm³/mol. The van der Waals surface area contributed by atoms with Crippen molar-refractivity contribution in [2.24, 2.45) is 0 Å². The number of carbonyl (C=O) groups excluding carboxylic acids is 1. The summed E-state index contributed by atoms with van der Waals surface area (Å²) in [5.41, 5.74) is 1.45. The Labute approximate surface area is 179 Å². The normalized spacial score (nSPS) is 23.0. The fraction of sp³-hybridized carbons (Fsp3) is 0.682. The van der Waals surface area contributed by atoms with Crippen molar-refractivity contribution in [1.29, 1.82) is 0 Å². The van der Waals surface area contributed by atoms with Gasteiger partial charge in [-0.15, -0.1) is 0 Å². The van der Waals surface area contributed by atoms with E-state index in [4.69, 9.17) is 4.74 Å². The molecule has 1 N–H and O–H groups in total. The van der Waals surface area contributed by atoms with Crippen LogP contribution in [0.1, 0.15) is 49.7 Å². The van der Waals surface area contributed by atoms with Crippen molar-refractivity contribution in [3.05, 3.63) is 29.3 Å². The quantitative estimate of drug-likeness (QED) is 0.783. The van der Waals surface area contributed by atoms with Gasteiger partial charge >= 0.3 is 0 Å². The Balaban J connectivity index is 1.44. The summed E-state index contributed by atoms with van der Waals surface area (Å²) < 4.78 is 32.9. The molecule has 4 rings (SSSR count). The second-order valence-electron chi connectivity index (χ2n) is 9.25. The number of aryl methyl sites for hydroxylation is 1. The molecule has 1 amide bonds. The SMILES string of the molecule is Cc1ccc2c(c1)CN(S(C)(=O)=O)CC1(CCN(CC(=O)NC3CCCC3)CC1)O2. The third-order valence-corrected chi connectivity index (χ3v) is 7.87. The Hall–Kier alpha value is -1.64. The van der Waals surface area contributed by atoms with Gasteiger partial charge in [-0.2, -0.15) is 4.31 Å². The summed E-state index contributed by atoms with van der Waals surface area (Å²) in [5.74, 6) is 0.873. The lowest BCUT2D eigenvalue weighted by atomic mass is 9.91. The predicted octanol–water partition coefficient (Wildman–Crippen LogP) is 2.04. The molecule has 1 spiro atoms. The molecule has 1 aromatic rings. The molecule has 2 heterocycles. The third-order valence-electron chi connectivity index (χ3n) is 6.68. The second kappa shape index (κ2) is 8.48. The maximum atomic E-state index is 12.4. The van der Waals surface area contributed by atoms with Crippen LogP contribution in [0.4, 0.5) is 0 Å². The molecule has 30 heavy (non-hydrogen) atoms. The molecular weight excluding hydrogens is 402 g/mol. The smallest absolute Gasteiger partial charge is 0.234 e. The van der Waals surface area contributed by atoms with Crippen LogP contribution in [0.5, 0.6) is 5.75 Å². The first-order chi connectivity index (χ1) is 14.2. The number of amides is 1. The van der Waals surface area contributed by atoms with Gasteiger partial charge in [-0.05, 0) is 25.8 Å². The largest absolute Gasteiger partial charge is 0.485 e. The van der Waals surface area contributed by atoms with E-state index in [1.54, 1.807) is 4.31 Å². The molecule has 3 aliphatic rings. The Morgan fingerprint density at radius 2 is 1.93 bits per heavy atom. The average molecular weight is 436 g/mol. The highest BCUT2D eigenvalue weighted by Gasteiger charge is 2.43. The number of nitrogens with zero attached hydrogens (tertiary/aromatic N) is 2. The third kappa shape index (κ3) is 4.98. The first-order valence-corrected chi connectivity index (χ1v) is 12.8. The molecule has 8 heteroatoms.